The Morgan fingerprint density at radius 3 is 2.53 bits per heavy atom. The summed E-state index contributed by atoms with van der Waals surface area (Å²) in [4.78, 5) is 6.41. The van der Waals surface area contributed by atoms with E-state index in [0.717, 1.165) is 5.56 Å². The van der Waals surface area contributed by atoms with Crippen LogP contribution in [0.25, 0.3) is 10.1 Å². The highest BCUT2D eigenvalue weighted by Gasteiger charge is 2.44. The predicted molar refractivity (Wildman–Crippen MR) is 120 cm³/mol. The van der Waals surface area contributed by atoms with Crippen molar-refractivity contribution in [2.75, 3.05) is 25.3 Å². The van der Waals surface area contributed by atoms with Crippen LogP contribution in [-0.4, -0.2) is 69.8 Å². The van der Waals surface area contributed by atoms with Crippen molar-refractivity contribution < 1.29 is 35.1 Å². The third kappa shape index (κ3) is 4.80. The van der Waals surface area contributed by atoms with Gasteiger partial charge >= 0.3 is 0 Å². The Hall–Kier alpha value is -2.08. The zero-order chi connectivity index (χ0) is 22.7. The van der Waals surface area contributed by atoms with E-state index in [-0.39, 0.29) is 13.2 Å². The molecule has 32 heavy (non-hydrogen) atoms. The first-order valence-electron chi connectivity index (χ1n) is 10.4. The monoisotopic (exact) mass is 461 g/mol. The lowest BCUT2D eigenvalue weighted by Gasteiger charge is -2.40. The molecule has 8 nitrogen and oxygen atoms in total. The minimum atomic E-state index is -1.48. The Morgan fingerprint density at radius 1 is 0.969 bits per heavy atom. The fourth-order valence-corrected chi connectivity index (χ4v) is 5.01. The Morgan fingerprint density at radius 2 is 1.78 bits per heavy atom. The van der Waals surface area contributed by atoms with Crippen LogP contribution in [0.15, 0.2) is 48.5 Å². The van der Waals surface area contributed by atoms with E-state index in [1.807, 2.05) is 24.3 Å². The molecule has 0 amide bonds. The zero-order valence-corrected chi connectivity index (χ0v) is 18.1. The SMILES string of the molecule is OCCONc1ccc(Cc2cc3ccccc3s2)cc1[C@@H]1O[C@H](CO)[C@@H](O)[C@H](O)[C@H]1O. The molecule has 1 aliphatic rings. The molecule has 0 bridgehead atoms. The maximum Gasteiger partial charge on any atom is 0.114 e. The van der Waals surface area contributed by atoms with E-state index in [4.69, 9.17) is 14.7 Å². The summed E-state index contributed by atoms with van der Waals surface area (Å²) in [5.74, 6) is 0. The normalized spacial score (nSPS) is 25.8. The number of hydrogen-bond acceptors (Lipinski definition) is 9. The van der Waals surface area contributed by atoms with E-state index >= 15 is 0 Å². The molecule has 0 aliphatic carbocycles. The highest BCUT2D eigenvalue weighted by molar-refractivity contribution is 7.19. The van der Waals surface area contributed by atoms with Crippen molar-refractivity contribution in [3.63, 3.8) is 0 Å². The summed E-state index contributed by atoms with van der Waals surface area (Å²) in [5.41, 5.74) is 4.70. The van der Waals surface area contributed by atoms with Gasteiger partial charge in [-0.15, -0.1) is 11.3 Å². The summed E-state index contributed by atoms with van der Waals surface area (Å²) >= 11 is 1.71. The van der Waals surface area contributed by atoms with Gasteiger partial charge in [0.1, 0.15) is 30.5 Å². The molecule has 1 aliphatic heterocycles. The van der Waals surface area contributed by atoms with Crippen molar-refractivity contribution in [2.45, 2.75) is 36.9 Å². The molecule has 172 valence electrons. The van der Waals surface area contributed by atoms with Crippen molar-refractivity contribution in [1.82, 2.24) is 0 Å². The first-order valence-corrected chi connectivity index (χ1v) is 11.2. The molecule has 2 heterocycles. The van der Waals surface area contributed by atoms with Crippen molar-refractivity contribution in [2.24, 2.45) is 0 Å². The molecule has 6 N–H and O–H groups in total. The molecule has 9 heteroatoms. The molecule has 1 saturated heterocycles. The number of nitrogens with one attached hydrogen (secondary N) is 1. The number of rotatable bonds is 8. The second-order valence-electron chi connectivity index (χ2n) is 7.77. The van der Waals surface area contributed by atoms with Gasteiger partial charge in [0.05, 0.1) is 25.5 Å². The first-order chi connectivity index (χ1) is 15.5. The van der Waals surface area contributed by atoms with Gasteiger partial charge in [0.15, 0.2) is 0 Å². The van der Waals surface area contributed by atoms with Gasteiger partial charge in [0.2, 0.25) is 0 Å². The number of benzene rings is 2. The van der Waals surface area contributed by atoms with Gasteiger partial charge in [-0.2, -0.15) is 0 Å². The number of hydrogen-bond donors (Lipinski definition) is 6. The molecule has 0 unspecified atom stereocenters. The van der Waals surface area contributed by atoms with Crippen LogP contribution in [0.5, 0.6) is 0 Å². The molecular weight excluding hydrogens is 434 g/mol. The summed E-state index contributed by atoms with van der Waals surface area (Å²) in [6.45, 7) is -0.628. The molecule has 4 rings (SSSR count). The van der Waals surface area contributed by atoms with Crippen molar-refractivity contribution in [3.8, 4) is 0 Å². The molecule has 0 radical (unpaired) electrons. The molecular formula is C23H27NO7S. The highest BCUT2D eigenvalue weighted by atomic mass is 32.1. The summed E-state index contributed by atoms with van der Waals surface area (Å²) in [7, 11) is 0. The molecule has 2 aromatic carbocycles. The highest BCUT2D eigenvalue weighted by Crippen LogP contribution is 2.37. The Labute approximate surface area is 189 Å². The van der Waals surface area contributed by atoms with E-state index in [0.29, 0.717) is 17.7 Å². The first kappa shape index (κ1) is 23.1. The van der Waals surface area contributed by atoms with Gasteiger partial charge in [-0.1, -0.05) is 30.3 Å². The number of anilines is 1. The zero-order valence-electron chi connectivity index (χ0n) is 17.3. The van der Waals surface area contributed by atoms with Crippen LogP contribution in [-0.2, 0) is 16.0 Å². The van der Waals surface area contributed by atoms with Crippen LogP contribution in [0, 0.1) is 0 Å². The summed E-state index contributed by atoms with van der Waals surface area (Å²) < 4.78 is 6.97. The van der Waals surface area contributed by atoms with Gasteiger partial charge in [-0.3, -0.25) is 10.3 Å². The third-order valence-corrected chi connectivity index (χ3v) is 6.66. The number of fused-ring (bicyclic) bond motifs is 1. The van der Waals surface area contributed by atoms with Crippen molar-refractivity contribution in [3.05, 3.63) is 64.5 Å². The van der Waals surface area contributed by atoms with E-state index < -0.39 is 37.1 Å². The molecule has 1 aromatic heterocycles. The Kier molecular flexibility index (Phi) is 7.39. The number of aliphatic hydroxyl groups is 5. The fraction of sp³-hybridized carbons (Fsp3) is 0.391. The van der Waals surface area contributed by atoms with Crippen LogP contribution in [0.4, 0.5) is 5.69 Å². The second kappa shape index (κ2) is 10.2. The van der Waals surface area contributed by atoms with Gasteiger partial charge in [-0.05, 0) is 29.1 Å². The molecule has 0 spiro atoms. The maximum atomic E-state index is 10.6. The lowest BCUT2D eigenvalue weighted by molar-refractivity contribution is -0.231. The van der Waals surface area contributed by atoms with Gasteiger partial charge in [-0.25, -0.2) is 0 Å². The summed E-state index contributed by atoms with van der Waals surface area (Å²) in [6, 6.07) is 15.8. The van der Waals surface area contributed by atoms with Gasteiger partial charge in [0, 0.05) is 21.6 Å². The van der Waals surface area contributed by atoms with Crippen LogP contribution in [0.3, 0.4) is 0 Å². The van der Waals surface area contributed by atoms with E-state index in [1.165, 1.54) is 15.0 Å². The lowest BCUT2D eigenvalue weighted by Crippen LogP contribution is -2.55. The quantitative estimate of drug-likeness (QED) is 0.219. The minimum Gasteiger partial charge on any atom is -0.394 e. The Balaban J connectivity index is 1.65. The van der Waals surface area contributed by atoms with Crippen LogP contribution >= 0.6 is 11.3 Å². The number of ether oxygens (including phenoxy) is 1. The second-order valence-corrected chi connectivity index (χ2v) is 8.94. The maximum absolute atomic E-state index is 10.6. The van der Waals surface area contributed by atoms with Gasteiger partial charge in [0.25, 0.3) is 0 Å². The van der Waals surface area contributed by atoms with E-state index in [9.17, 15) is 20.4 Å². The molecule has 0 saturated carbocycles. The topological polar surface area (TPSA) is 132 Å². The van der Waals surface area contributed by atoms with Crippen molar-refractivity contribution >= 4 is 27.1 Å². The van der Waals surface area contributed by atoms with Crippen molar-refractivity contribution in [1.29, 1.82) is 0 Å². The molecule has 3 aromatic rings. The van der Waals surface area contributed by atoms with E-state index in [1.54, 1.807) is 17.4 Å². The standard InChI is InChI=1S/C23H27NO7S/c25-7-8-30-24-17-6-5-13(9-15-11-14-3-1-2-4-19(14)32-15)10-16(17)23-22(29)21(28)20(27)18(12-26)31-23/h1-6,10-11,18,20-29H,7-9,12H2/t18-,20-,21+,22-,23+/m1/s1. The van der Waals surface area contributed by atoms with E-state index in [2.05, 4.69) is 23.7 Å². The van der Waals surface area contributed by atoms with Crippen LogP contribution < -0.4 is 5.48 Å². The lowest BCUT2D eigenvalue weighted by atomic mass is 9.89. The molecule has 5 atom stereocenters. The average molecular weight is 462 g/mol. The Bertz CT molecular complexity index is 1010. The third-order valence-electron chi connectivity index (χ3n) is 5.55. The van der Waals surface area contributed by atoms with Gasteiger partial charge < -0.3 is 30.3 Å². The summed E-state index contributed by atoms with van der Waals surface area (Å²) in [6.07, 6.45) is -5.70. The fourth-order valence-electron chi connectivity index (χ4n) is 3.91. The smallest absolute Gasteiger partial charge is 0.114 e. The van der Waals surface area contributed by atoms with Crippen LogP contribution in [0.1, 0.15) is 22.1 Å². The molecule has 1 fully saturated rings. The average Bonchev–Trinajstić information content (AvgIpc) is 3.21. The van der Waals surface area contributed by atoms with Crippen LogP contribution in [0.2, 0.25) is 0 Å². The number of aliphatic hydroxyl groups excluding tert-OH is 5. The minimum absolute atomic E-state index is 0.0532. The summed E-state index contributed by atoms with van der Waals surface area (Å²) in [5, 5.41) is 50.7. The predicted octanol–water partition coefficient (Wildman–Crippen LogP) is 1.34. The number of thiophene rings is 1. The largest absolute Gasteiger partial charge is 0.394 e.